The number of halogens is 1. The SMILES string of the molecule is CCc1nc(N(C)Cc2ccccc2Br)sc1CN. The number of rotatable bonds is 5. The van der Waals surface area contributed by atoms with E-state index in [0.717, 1.165) is 28.3 Å². The standard InChI is InChI=1S/C14H18BrN3S/c1-3-12-13(8-16)19-14(17-12)18(2)9-10-6-4-5-7-11(10)15/h4-7H,3,8-9,16H2,1-2H3. The average molecular weight is 340 g/mol. The number of aryl methyl sites for hydroxylation is 1. The monoisotopic (exact) mass is 339 g/mol. The van der Waals surface area contributed by atoms with Gasteiger partial charge in [-0.05, 0) is 18.1 Å². The Balaban J connectivity index is 2.18. The number of hydrogen-bond acceptors (Lipinski definition) is 4. The molecule has 0 unspecified atom stereocenters. The summed E-state index contributed by atoms with van der Waals surface area (Å²) in [6.45, 7) is 3.53. The highest BCUT2D eigenvalue weighted by atomic mass is 79.9. The van der Waals surface area contributed by atoms with E-state index in [0.29, 0.717) is 6.54 Å². The lowest BCUT2D eigenvalue weighted by molar-refractivity contribution is 0.896. The van der Waals surface area contributed by atoms with Gasteiger partial charge >= 0.3 is 0 Å². The van der Waals surface area contributed by atoms with Crippen LogP contribution in [-0.4, -0.2) is 12.0 Å². The van der Waals surface area contributed by atoms with Gasteiger partial charge in [0.05, 0.1) is 5.69 Å². The smallest absolute Gasteiger partial charge is 0.185 e. The minimum Gasteiger partial charge on any atom is -0.347 e. The zero-order valence-electron chi connectivity index (χ0n) is 11.2. The van der Waals surface area contributed by atoms with Gasteiger partial charge in [0.1, 0.15) is 0 Å². The van der Waals surface area contributed by atoms with E-state index in [2.05, 4.69) is 58.0 Å². The lowest BCUT2D eigenvalue weighted by Crippen LogP contribution is -2.16. The van der Waals surface area contributed by atoms with Crippen molar-refractivity contribution in [1.29, 1.82) is 0 Å². The number of anilines is 1. The summed E-state index contributed by atoms with van der Waals surface area (Å²) in [6, 6.07) is 8.27. The van der Waals surface area contributed by atoms with Crippen molar-refractivity contribution in [2.24, 2.45) is 5.73 Å². The van der Waals surface area contributed by atoms with Gasteiger partial charge in [-0.3, -0.25) is 0 Å². The zero-order chi connectivity index (χ0) is 13.8. The van der Waals surface area contributed by atoms with Crippen molar-refractivity contribution in [1.82, 2.24) is 4.98 Å². The summed E-state index contributed by atoms with van der Waals surface area (Å²) < 4.78 is 1.13. The minimum atomic E-state index is 0.573. The number of benzene rings is 1. The third kappa shape index (κ3) is 3.35. The summed E-state index contributed by atoms with van der Waals surface area (Å²) in [6.07, 6.45) is 0.936. The van der Waals surface area contributed by atoms with E-state index in [1.165, 1.54) is 10.4 Å². The second kappa shape index (κ2) is 6.50. The molecule has 1 aromatic heterocycles. The summed E-state index contributed by atoms with van der Waals surface area (Å²) in [5.41, 5.74) is 8.14. The second-order valence-electron chi connectivity index (χ2n) is 4.37. The van der Waals surface area contributed by atoms with Crippen molar-refractivity contribution in [3.8, 4) is 0 Å². The van der Waals surface area contributed by atoms with E-state index in [9.17, 15) is 0 Å². The number of nitrogens with zero attached hydrogens (tertiary/aromatic N) is 2. The van der Waals surface area contributed by atoms with E-state index in [1.54, 1.807) is 11.3 Å². The van der Waals surface area contributed by atoms with Crippen molar-refractivity contribution in [2.45, 2.75) is 26.4 Å². The molecule has 0 aliphatic rings. The second-order valence-corrected chi connectivity index (χ2v) is 6.29. The third-order valence-electron chi connectivity index (χ3n) is 2.98. The van der Waals surface area contributed by atoms with Gasteiger partial charge < -0.3 is 10.6 Å². The molecule has 102 valence electrons. The van der Waals surface area contributed by atoms with Crippen LogP contribution in [0.15, 0.2) is 28.7 Å². The van der Waals surface area contributed by atoms with Crippen molar-refractivity contribution in [3.63, 3.8) is 0 Å². The summed E-state index contributed by atoms with van der Waals surface area (Å²) in [5, 5.41) is 1.04. The summed E-state index contributed by atoms with van der Waals surface area (Å²) >= 11 is 5.27. The molecular formula is C14H18BrN3S. The molecule has 3 nitrogen and oxygen atoms in total. The maximum atomic E-state index is 5.76. The molecule has 0 aliphatic carbocycles. The van der Waals surface area contributed by atoms with Crippen LogP contribution >= 0.6 is 27.3 Å². The molecule has 0 spiro atoms. The highest BCUT2D eigenvalue weighted by Gasteiger charge is 2.12. The Hall–Kier alpha value is -0.910. The first-order valence-electron chi connectivity index (χ1n) is 6.28. The Labute approximate surface area is 126 Å². The Kier molecular flexibility index (Phi) is 4.96. The molecule has 0 saturated heterocycles. The molecule has 2 rings (SSSR count). The van der Waals surface area contributed by atoms with Crippen LogP contribution in [0.4, 0.5) is 5.13 Å². The molecule has 0 amide bonds. The first-order chi connectivity index (χ1) is 9.15. The summed E-state index contributed by atoms with van der Waals surface area (Å²) in [5.74, 6) is 0. The molecule has 1 heterocycles. The van der Waals surface area contributed by atoms with Crippen molar-refractivity contribution in [3.05, 3.63) is 44.9 Å². The Morgan fingerprint density at radius 1 is 1.37 bits per heavy atom. The fourth-order valence-electron chi connectivity index (χ4n) is 1.92. The van der Waals surface area contributed by atoms with E-state index in [-0.39, 0.29) is 0 Å². The number of nitrogens with two attached hydrogens (primary N) is 1. The van der Waals surface area contributed by atoms with Crippen LogP contribution < -0.4 is 10.6 Å². The topological polar surface area (TPSA) is 42.2 Å². The van der Waals surface area contributed by atoms with Crippen LogP contribution in [0.2, 0.25) is 0 Å². The van der Waals surface area contributed by atoms with Crippen molar-refractivity contribution < 1.29 is 0 Å². The van der Waals surface area contributed by atoms with E-state index in [4.69, 9.17) is 5.73 Å². The van der Waals surface area contributed by atoms with Gasteiger partial charge in [-0.25, -0.2) is 4.98 Å². The van der Waals surface area contributed by atoms with E-state index >= 15 is 0 Å². The molecule has 2 aromatic rings. The third-order valence-corrected chi connectivity index (χ3v) is 4.99. The van der Waals surface area contributed by atoms with Crippen LogP contribution in [-0.2, 0) is 19.5 Å². The molecule has 0 atom stereocenters. The Morgan fingerprint density at radius 2 is 2.11 bits per heavy atom. The van der Waals surface area contributed by atoms with Gasteiger partial charge in [0.25, 0.3) is 0 Å². The van der Waals surface area contributed by atoms with Crippen LogP contribution in [0.5, 0.6) is 0 Å². The predicted molar refractivity (Wildman–Crippen MR) is 85.6 cm³/mol. The molecule has 0 aliphatic heterocycles. The predicted octanol–water partition coefficient (Wildman–Crippen LogP) is 3.56. The molecule has 0 fully saturated rings. The Bertz CT molecular complexity index is 532. The molecule has 1 aromatic carbocycles. The highest BCUT2D eigenvalue weighted by Crippen LogP contribution is 2.28. The quantitative estimate of drug-likeness (QED) is 0.905. The zero-order valence-corrected chi connectivity index (χ0v) is 13.6. The number of hydrogen-bond donors (Lipinski definition) is 1. The summed E-state index contributed by atoms with van der Waals surface area (Å²) in [7, 11) is 2.07. The maximum absolute atomic E-state index is 5.76. The average Bonchev–Trinajstić information content (AvgIpc) is 2.84. The first-order valence-corrected chi connectivity index (χ1v) is 7.89. The van der Waals surface area contributed by atoms with Crippen molar-refractivity contribution >= 4 is 32.4 Å². The molecule has 0 bridgehead atoms. The van der Waals surface area contributed by atoms with E-state index < -0.39 is 0 Å². The highest BCUT2D eigenvalue weighted by molar-refractivity contribution is 9.10. The minimum absolute atomic E-state index is 0.573. The van der Waals surface area contributed by atoms with Gasteiger partial charge in [-0.1, -0.05) is 41.1 Å². The maximum Gasteiger partial charge on any atom is 0.185 e. The molecule has 0 radical (unpaired) electrons. The fourth-order valence-corrected chi connectivity index (χ4v) is 3.32. The molecule has 2 N–H and O–H groups in total. The first kappa shape index (κ1) is 14.5. The van der Waals surface area contributed by atoms with Gasteiger partial charge in [0.15, 0.2) is 5.13 Å². The van der Waals surface area contributed by atoms with E-state index in [1.807, 2.05) is 6.07 Å². The summed E-state index contributed by atoms with van der Waals surface area (Å²) in [4.78, 5) is 8.04. The van der Waals surface area contributed by atoms with Crippen LogP contribution in [0.1, 0.15) is 23.1 Å². The normalized spacial score (nSPS) is 10.7. The van der Waals surface area contributed by atoms with Crippen molar-refractivity contribution in [2.75, 3.05) is 11.9 Å². The molecular weight excluding hydrogens is 322 g/mol. The van der Waals surface area contributed by atoms with Gasteiger partial charge in [-0.15, -0.1) is 11.3 Å². The Morgan fingerprint density at radius 3 is 2.68 bits per heavy atom. The molecule has 0 saturated carbocycles. The largest absolute Gasteiger partial charge is 0.347 e. The lowest BCUT2D eigenvalue weighted by Gasteiger charge is -2.16. The molecule has 5 heteroatoms. The number of thiazole rings is 1. The van der Waals surface area contributed by atoms with Gasteiger partial charge in [0, 0.05) is 29.5 Å². The van der Waals surface area contributed by atoms with Gasteiger partial charge in [0.2, 0.25) is 0 Å². The van der Waals surface area contributed by atoms with Crippen LogP contribution in [0.3, 0.4) is 0 Å². The van der Waals surface area contributed by atoms with Crippen LogP contribution in [0, 0.1) is 0 Å². The molecule has 19 heavy (non-hydrogen) atoms. The lowest BCUT2D eigenvalue weighted by atomic mass is 10.2. The fraction of sp³-hybridized carbons (Fsp3) is 0.357. The number of aromatic nitrogens is 1. The van der Waals surface area contributed by atoms with Crippen LogP contribution in [0.25, 0.3) is 0 Å². The van der Waals surface area contributed by atoms with Gasteiger partial charge in [-0.2, -0.15) is 0 Å².